The summed E-state index contributed by atoms with van der Waals surface area (Å²) in [4.78, 5) is 25.3. The van der Waals surface area contributed by atoms with Crippen LogP contribution in [0.5, 0.6) is 0 Å². The van der Waals surface area contributed by atoms with Crippen molar-refractivity contribution in [3.63, 3.8) is 0 Å². The molecular formula is C51H90O5. The molecule has 5 nitrogen and oxygen atoms in total. The average molecular weight is 783 g/mol. The Morgan fingerprint density at radius 2 is 0.804 bits per heavy atom. The molecule has 5 heteroatoms. The molecule has 0 aromatic rings. The zero-order valence-electron chi connectivity index (χ0n) is 37.1. The molecule has 0 fully saturated rings. The van der Waals surface area contributed by atoms with E-state index < -0.39 is 6.10 Å². The summed E-state index contributed by atoms with van der Waals surface area (Å²) in [6, 6.07) is 0. The summed E-state index contributed by atoms with van der Waals surface area (Å²) >= 11 is 0. The van der Waals surface area contributed by atoms with Crippen molar-refractivity contribution in [2.45, 2.75) is 232 Å². The van der Waals surface area contributed by atoms with E-state index in [9.17, 15) is 9.59 Å². The van der Waals surface area contributed by atoms with Gasteiger partial charge in [0.05, 0.1) is 6.61 Å². The van der Waals surface area contributed by atoms with Gasteiger partial charge in [0.2, 0.25) is 0 Å². The highest BCUT2D eigenvalue weighted by molar-refractivity contribution is 5.70. The summed E-state index contributed by atoms with van der Waals surface area (Å²) in [5, 5.41) is 0. The van der Waals surface area contributed by atoms with E-state index in [1.165, 1.54) is 109 Å². The molecule has 0 rings (SSSR count). The van der Waals surface area contributed by atoms with Crippen molar-refractivity contribution in [1.82, 2.24) is 0 Å². The Labute approximate surface area is 347 Å². The topological polar surface area (TPSA) is 61.8 Å². The van der Waals surface area contributed by atoms with Gasteiger partial charge in [-0.3, -0.25) is 9.59 Å². The van der Waals surface area contributed by atoms with Crippen molar-refractivity contribution in [2.75, 3.05) is 19.8 Å². The summed E-state index contributed by atoms with van der Waals surface area (Å²) in [5.74, 6) is -0.437. The first-order valence-corrected chi connectivity index (χ1v) is 23.8. The molecule has 0 saturated carbocycles. The third-order valence-electron chi connectivity index (χ3n) is 10.0. The molecule has 0 radical (unpaired) electrons. The third kappa shape index (κ3) is 44.3. The van der Waals surface area contributed by atoms with Crippen LogP contribution in [0, 0.1) is 0 Å². The summed E-state index contributed by atoms with van der Waals surface area (Å²) in [6.07, 6.45) is 57.9. The van der Waals surface area contributed by atoms with Crippen molar-refractivity contribution >= 4 is 11.9 Å². The van der Waals surface area contributed by atoms with E-state index in [4.69, 9.17) is 14.2 Å². The van der Waals surface area contributed by atoms with Crippen molar-refractivity contribution in [3.05, 3.63) is 60.8 Å². The van der Waals surface area contributed by atoms with E-state index in [0.717, 1.165) is 83.5 Å². The number of hydrogen-bond donors (Lipinski definition) is 0. The minimum Gasteiger partial charge on any atom is -0.462 e. The van der Waals surface area contributed by atoms with Gasteiger partial charge in [0, 0.05) is 19.4 Å². The summed E-state index contributed by atoms with van der Waals surface area (Å²) in [5.41, 5.74) is 0. The van der Waals surface area contributed by atoms with E-state index >= 15 is 0 Å². The first kappa shape index (κ1) is 53.6. The van der Waals surface area contributed by atoms with Crippen LogP contribution < -0.4 is 0 Å². The standard InChI is InChI=1S/C51H90O5/c1-4-7-10-13-16-19-22-24-25-26-27-29-30-32-35-38-41-44-50(52)55-48-49(47-54-46-43-40-37-34-21-18-15-12-9-6-3)56-51(53)45-42-39-36-33-31-28-23-20-17-14-11-8-5-2/h8,11,16-17,19-20,24-25,28,31,49H,4-7,9-10,12-15,18,21-23,26-27,29-30,32-48H2,1-3H3/b11-8-,19-16-,20-17-,25-24-,31-28-. The maximum Gasteiger partial charge on any atom is 0.306 e. The maximum atomic E-state index is 12.7. The quantitative estimate of drug-likeness (QED) is 0.0350. The normalized spacial score (nSPS) is 12.7. The fourth-order valence-electron chi connectivity index (χ4n) is 6.49. The van der Waals surface area contributed by atoms with Gasteiger partial charge < -0.3 is 14.2 Å². The molecule has 0 amide bonds. The second-order valence-corrected chi connectivity index (χ2v) is 15.6. The molecule has 0 spiro atoms. The summed E-state index contributed by atoms with van der Waals surface area (Å²) in [7, 11) is 0. The molecule has 0 aromatic carbocycles. The Balaban J connectivity index is 4.27. The SMILES string of the molecule is CC/C=C\C/C=C\C/C=C\CCCCCC(=O)OC(COCCCCCCCCCCCC)COC(=O)CCCCCCCCC/C=C\C/C=C\CCCCC. The van der Waals surface area contributed by atoms with E-state index in [2.05, 4.69) is 81.5 Å². The molecule has 0 aliphatic carbocycles. The molecular weight excluding hydrogens is 693 g/mol. The minimum atomic E-state index is -0.551. The molecule has 56 heavy (non-hydrogen) atoms. The van der Waals surface area contributed by atoms with Gasteiger partial charge in [0.1, 0.15) is 6.61 Å². The number of rotatable bonds is 43. The first-order chi connectivity index (χ1) is 27.6. The van der Waals surface area contributed by atoms with E-state index in [0.29, 0.717) is 19.4 Å². The number of unbranched alkanes of at least 4 members (excludes halogenated alkanes) is 22. The Kier molecular flexibility index (Phi) is 45.0. The van der Waals surface area contributed by atoms with Crippen LogP contribution in [0.2, 0.25) is 0 Å². The number of ether oxygens (including phenoxy) is 3. The van der Waals surface area contributed by atoms with Crippen molar-refractivity contribution < 1.29 is 23.8 Å². The van der Waals surface area contributed by atoms with Gasteiger partial charge in [-0.25, -0.2) is 0 Å². The third-order valence-corrected chi connectivity index (χ3v) is 10.0. The smallest absolute Gasteiger partial charge is 0.306 e. The molecule has 324 valence electrons. The minimum absolute atomic E-state index is 0.0699. The van der Waals surface area contributed by atoms with Crippen LogP contribution >= 0.6 is 0 Å². The molecule has 0 bridgehead atoms. The molecule has 0 aromatic heterocycles. The number of carbonyl (C=O) groups is 2. The first-order valence-electron chi connectivity index (χ1n) is 23.8. The largest absolute Gasteiger partial charge is 0.462 e. The van der Waals surface area contributed by atoms with E-state index in [-0.39, 0.29) is 25.2 Å². The fraction of sp³-hybridized carbons (Fsp3) is 0.765. The fourth-order valence-corrected chi connectivity index (χ4v) is 6.49. The lowest BCUT2D eigenvalue weighted by molar-refractivity contribution is -0.163. The summed E-state index contributed by atoms with van der Waals surface area (Å²) in [6.45, 7) is 7.65. The molecule has 1 atom stereocenters. The van der Waals surface area contributed by atoms with E-state index in [1.807, 2.05) is 0 Å². The molecule has 0 heterocycles. The number of allylic oxidation sites excluding steroid dienone is 10. The Morgan fingerprint density at radius 1 is 0.411 bits per heavy atom. The molecule has 0 aliphatic heterocycles. The second-order valence-electron chi connectivity index (χ2n) is 15.6. The molecule has 0 aliphatic rings. The number of hydrogen-bond acceptors (Lipinski definition) is 5. The highest BCUT2D eigenvalue weighted by Gasteiger charge is 2.17. The monoisotopic (exact) mass is 783 g/mol. The second kappa shape index (κ2) is 47.0. The molecule has 0 N–H and O–H groups in total. The molecule has 0 saturated heterocycles. The van der Waals surface area contributed by atoms with Crippen LogP contribution in [-0.2, 0) is 23.8 Å². The highest BCUT2D eigenvalue weighted by Crippen LogP contribution is 2.13. The van der Waals surface area contributed by atoms with Gasteiger partial charge in [-0.1, -0.05) is 191 Å². The zero-order valence-corrected chi connectivity index (χ0v) is 37.1. The number of esters is 2. The Hall–Kier alpha value is -2.40. The van der Waals surface area contributed by atoms with Gasteiger partial charge in [0.25, 0.3) is 0 Å². The van der Waals surface area contributed by atoms with Gasteiger partial charge in [-0.05, 0) is 83.5 Å². The zero-order chi connectivity index (χ0) is 40.7. The van der Waals surface area contributed by atoms with Gasteiger partial charge >= 0.3 is 11.9 Å². The van der Waals surface area contributed by atoms with Crippen LogP contribution in [0.1, 0.15) is 226 Å². The van der Waals surface area contributed by atoms with Gasteiger partial charge in [-0.15, -0.1) is 0 Å². The Morgan fingerprint density at radius 3 is 1.34 bits per heavy atom. The van der Waals surface area contributed by atoms with Crippen molar-refractivity contribution in [2.24, 2.45) is 0 Å². The predicted octanol–water partition coefficient (Wildman–Crippen LogP) is 15.8. The van der Waals surface area contributed by atoms with Crippen LogP contribution in [0.15, 0.2) is 60.8 Å². The molecule has 1 unspecified atom stereocenters. The lowest BCUT2D eigenvalue weighted by atomic mass is 10.1. The maximum absolute atomic E-state index is 12.7. The van der Waals surface area contributed by atoms with Gasteiger partial charge in [-0.2, -0.15) is 0 Å². The van der Waals surface area contributed by atoms with E-state index in [1.54, 1.807) is 0 Å². The highest BCUT2D eigenvalue weighted by atomic mass is 16.6. The van der Waals surface area contributed by atoms with Crippen LogP contribution in [0.4, 0.5) is 0 Å². The van der Waals surface area contributed by atoms with Gasteiger partial charge in [0.15, 0.2) is 6.10 Å². The predicted molar refractivity (Wildman–Crippen MR) is 242 cm³/mol. The summed E-state index contributed by atoms with van der Waals surface area (Å²) < 4.78 is 17.3. The van der Waals surface area contributed by atoms with Crippen LogP contribution in [0.25, 0.3) is 0 Å². The Bertz CT molecular complexity index is 977. The van der Waals surface area contributed by atoms with Crippen LogP contribution in [-0.4, -0.2) is 37.9 Å². The lowest BCUT2D eigenvalue weighted by Crippen LogP contribution is -2.30. The van der Waals surface area contributed by atoms with Crippen LogP contribution in [0.3, 0.4) is 0 Å². The van der Waals surface area contributed by atoms with Crippen molar-refractivity contribution in [3.8, 4) is 0 Å². The number of carbonyl (C=O) groups excluding carboxylic acids is 2. The average Bonchev–Trinajstić information content (AvgIpc) is 3.20. The lowest BCUT2D eigenvalue weighted by Gasteiger charge is -2.18. The van der Waals surface area contributed by atoms with Crippen molar-refractivity contribution in [1.29, 1.82) is 0 Å².